The Hall–Kier alpha value is -2.40. The highest BCUT2D eigenvalue weighted by molar-refractivity contribution is 6.30. The zero-order valence-corrected chi connectivity index (χ0v) is 17.5. The van der Waals surface area contributed by atoms with Gasteiger partial charge in [-0.25, -0.2) is 4.39 Å². The fraction of sp³-hybridized carbons (Fsp3) is 0.391. The number of rotatable bonds is 6. The van der Waals surface area contributed by atoms with Crippen LogP contribution in [0.3, 0.4) is 0 Å². The summed E-state index contributed by atoms with van der Waals surface area (Å²) in [7, 11) is 0. The first kappa shape index (κ1) is 21.3. The zero-order chi connectivity index (χ0) is 21.0. The first-order valence-electron chi connectivity index (χ1n) is 9.93. The van der Waals surface area contributed by atoms with E-state index in [0.29, 0.717) is 36.1 Å². The van der Waals surface area contributed by atoms with Gasteiger partial charge in [-0.1, -0.05) is 37.6 Å². The second kappa shape index (κ2) is 9.40. The van der Waals surface area contributed by atoms with Gasteiger partial charge in [0.1, 0.15) is 5.82 Å². The number of nitrogens with one attached hydrogen (secondary N) is 1. The van der Waals surface area contributed by atoms with Crippen LogP contribution >= 0.6 is 11.6 Å². The standard InChI is InChI=1S/C23H26ClFN2O2/c1-15(2)10-11-26-22(28)21-14-27(23(29)16-6-8-18(24)9-7-16)13-20(21)17-4-3-5-19(25)12-17/h3-9,12,15,20-21H,10-11,13-14H2,1-2H3,(H,26,28). The van der Waals surface area contributed by atoms with E-state index in [1.165, 1.54) is 12.1 Å². The van der Waals surface area contributed by atoms with Crippen LogP contribution in [0.5, 0.6) is 0 Å². The minimum absolute atomic E-state index is 0.0914. The highest BCUT2D eigenvalue weighted by Crippen LogP contribution is 2.34. The van der Waals surface area contributed by atoms with Crippen molar-refractivity contribution < 1.29 is 14.0 Å². The Labute approximate surface area is 176 Å². The fourth-order valence-electron chi connectivity index (χ4n) is 3.70. The van der Waals surface area contributed by atoms with Crippen molar-refractivity contribution in [1.29, 1.82) is 0 Å². The van der Waals surface area contributed by atoms with Gasteiger partial charge in [0.05, 0.1) is 5.92 Å². The van der Waals surface area contributed by atoms with Gasteiger partial charge in [0.25, 0.3) is 5.91 Å². The van der Waals surface area contributed by atoms with Crippen molar-refractivity contribution in [2.45, 2.75) is 26.2 Å². The maximum Gasteiger partial charge on any atom is 0.253 e. The molecule has 1 N–H and O–H groups in total. The van der Waals surface area contributed by atoms with Crippen LogP contribution in [0.2, 0.25) is 5.02 Å². The Kier molecular flexibility index (Phi) is 6.91. The average Bonchev–Trinajstić information content (AvgIpc) is 3.13. The number of hydrogen-bond acceptors (Lipinski definition) is 2. The molecule has 0 saturated carbocycles. The third-order valence-corrected chi connectivity index (χ3v) is 5.58. The molecular formula is C23H26ClFN2O2. The van der Waals surface area contributed by atoms with Gasteiger partial charge in [-0.2, -0.15) is 0 Å². The van der Waals surface area contributed by atoms with Gasteiger partial charge in [-0.3, -0.25) is 9.59 Å². The van der Waals surface area contributed by atoms with Crippen molar-refractivity contribution in [3.8, 4) is 0 Å². The van der Waals surface area contributed by atoms with Crippen LogP contribution in [0.15, 0.2) is 48.5 Å². The molecule has 1 saturated heterocycles. The lowest BCUT2D eigenvalue weighted by Gasteiger charge is -2.18. The molecule has 2 unspecified atom stereocenters. The van der Waals surface area contributed by atoms with Gasteiger partial charge in [-0.15, -0.1) is 0 Å². The van der Waals surface area contributed by atoms with Crippen molar-refractivity contribution in [2.24, 2.45) is 11.8 Å². The SMILES string of the molecule is CC(C)CCNC(=O)C1CN(C(=O)c2ccc(Cl)cc2)CC1c1cccc(F)c1. The normalized spacial score (nSPS) is 18.9. The summed E-state index contributed by atoms with van der Waals surface area (Å²) < 4.78 is 13.8. The second-order valence-corrected chi connectivity index (χ2v) is 8.40. The van der Waals surface area contributed by atoms with Gasteiger partial charge in [0.2, 0.25) is 5.91 Å². The summed E-state index contributed by atoms with van der Waals surface area (Å²) in [4.78, 5) is 27.5. The molecule has 154 valence electrons. The molecule has 1 heterocycles. The Balaban J connectivity index is 1.80. The number of carbonyl (C=O) groups is 2. The summed E-state index contributed by atoms with van der Waals surface area (Å²) in [5, 5.41) is 3.55. The van der Waals surface area contributed by atoms with E-state index in [0.717, 1.165) is 12.0 Å². The van der Waals surface area contributed by atoms with Gasteiger partial charge >= 0.3 is 0 Å². The van der Waals surface area contributed by atoms with Crippen molar-refractivity contribution in [3.05, 3.63) is 70.5 Å². The van der Waals surface area contributed by atoms with Crippen molar-refractivity contribution >= 4 is 23.4 Å². The molecule has 2 aromatic rings. The third-order valence-electron chi connectivity index (χ3n) is 5.33. The van der Waals surface area contributed by atoms with E-state index in [2.05, 4.69) is 19.2 Å². The minimum Gasteiger partial charge on any atom is -0.356 e. The van der Waals surface area contributed by atoms with Crippen LogP contribution in [0, 0.1) is 17.7 Å². The lowest BCUT2D eigenvalue weighted by Crippen LogP contribution is -2.36. The Morgan fingerprint density at radius 1 is 1.17 bits per heavy atom. The number of nitrogens with zero attached hydrogens (tertiary/aromatic N) is 1. The summed E-state index contributed by atoms with van der Waals surface area (Å²) >= 11 is 5.92. The summed E-state index contributed by atoms with van der Waals surface area (Å²) in [6.45, 7) is 5.46. The fourth-order valence-corrected chi connectivity index (χ4v) is 3.83. The van der Waals surface area contributed by atoms with Gasteiger partial charge in [-0.05, 0) is 54.3 Å². The van der Waals surface area contributed by atoms with E-state index in [-0.39, 0.29) is 23.5 Å². The molecule has 0 spiro atoms. The van der Waals surface area contributed by atoms with E-state index >= 15 is 0 Å². The monoisotopic (exact) mass is 416 g/mol. The lowest BCUT2D eigenvalue weighted by molar-refractivity contribution is -0.124. The maximum absolute atomic E-state index is 13.8. The summed E-state index contributed by atoms with van der Waals surface area (Å²) in [5.74, 6) is -0.766. The quantitative estimate of drug-likeness (QED) is 0.753. The topological polar surface area (TPSA) is 49.4 Å². The molecule has 2 amide bonds. The highest BCUT2D eigenvalue weighted by Gasteiger charge is 2.40. The Morgan fingerprint density at radius 2 is 1.90 bits per heavy atom. The molecule has 4 nitrogen and oxygen atoms in total. The summed E-state index contributed by atoms with van der Waals surface area (Å²) in [6.07, 6.45) is 0.885. The van der Waals surface area contributed by atoms with Crippen LogP contribution in [-0.2, 0) is 4.79 Å². The van der Waals surface area contributed by atoms with Crippen molar-refractivity contribution in [1.82, 2.24) is 10.2 Å². The molecule has 0 aromatic heterocycles. The second-order valence-electron chi connectivity index (χ2n) is 7.96. The average molecular weight is 417 g/mol. The molecule has 3 rings (SSSR count). The number of likely N-dealkylation sites (tertiary alicyclic amines) is 1. The zero-order valence-electron chi connectivity index (χ0n) is 16.7. The van der Waals surface area contributed by atoms with Crippen LogP contribution in [0.1, 0.15) is 42.1 Å². The van der Waals surface area contributed by atoms with Gasteiger partial charge < -0.3 is 10.2 Å². The summed E-state index contributed by atoms with van der Waals surface area (Å²) in [5.41, 5.74) is 1.26. The minimum atomic E-state index is -0.416. The maximum atomic E-state index is 13.8. The lowest BCUT2D eigenvalue weighted by atomic mass is 9.88. The largest absolute Gasteiger partial charge is 0.356 e. The highest BCUT2D eigenvalue weighted by atomic mass is 35.5. The molecule has 1 aliphatic rings. The van der Waals surface area contributed by atoms with Crippen LogP contribution in [-0.4, -0.2) is 36.3 Å². The predicted octanol–water partition coefficient (Wildman–Crippen LogP) is 4.50. The first-order valence-corrected chi connectivity index (χ1v) is 10.3. The van der Waals surface area contributed by atoms with Crippen LogP contribution in [0.25, 0.3) is 0 Å². The molecule has 0 radical (unpaired) electrons. The Bertz CT molecular complexity index is 869. The molecule has 0 bridgehead atoms. The number of hydrogen-bond donors (Lipinski definition) is 1. The predicted molar refractivity (Wildman–Crippen MR) is 112 cm³/mol. The van der Waals surface area contributed by atoms with E-state index in [1.54, 1.807) is 35.2 Å². The summed E-state index contributed by atoms with van der Waals surface area (Å²) in [6, 6.07) is 13.0. The number of amides is 2. The van der Waals surface area contributed by atoms with E-state index in [4.69, 9.17) is 11.6 Å². The van der Waals surface area contributed by atoms with Gasteiger partial charge in [0, 0.05) is 36.1 Å². The molecule has 29 heavy (non-hydrogen) atoms. The number of benzene rings is 2. The molecule has 0 aliphatic carbocycles. The molecular weight excluding hydrogens is 391 g/mol. The molecule has 1 fully saturated rings. The molecule has 1 aliphatic heterocycles. The molecule has 2 atom stereocenters. The van der Waals surface area contributed by atoms with E-state index < -0.39 is 5.92 Å². The van der Waals surface area contributed by atoms with E-state index in [9.17, 15) is 14.0 Å². The Morgan fingerprint density at radius 3 is 2.55 bits per heavy atom. The first-order chi connectivity index (χ1) is 13.8. The molecule has 2 aromatic carbocycles. The third kappa shape index (κ3) is 5.36. The van der Waals surface area contributed by atoms with Gasteiger partial charge in [0.15, 0.2) is 0 Å². The molecule has 6 heteroatoms. The number of carbonyl (C=O) groups excluding carboxylic acids is 2. The smallest absolute Gasteiger partial charge is 0.253 e. The van der Waals surface area contributed by atoms with Crippen LogP contribution < -0.4 is 5.32 Å². The van der Waals surface area contributed by atoms with Crippen LogP contribution in [0.4, 0.5) is 4.39 Å². The van der Waals surface area contributed by atoms with Crippen molar-refractivity contribution in [2.75, 3.05) is 19.6 Å². The van der Waals surface area contributed by atoms with E-state index in [1.807, 2.05) is 6.07 Å². The van der Waals surface area contributed by atoms with Crippen molar-refractivity contribution in [3.63, 3.8) is 0 Å². The number of halogens is 2.